The van der Waals surface area contributed by atoms with Crippen molar-refractivity contribution in [1.82, 2.24) is 14.8 Å². The van der Waals surface area contributed by atoms with Crippen LogP contribution in [0.2, 0.25) is 0 Å². The van der Waals surface area contributed by atoms with E-state index in [1.165, 1.54) is 23.5 Å². The van der Waals surface area contributed by atoms with Crippen molar-refractivity contribution in [2.75, 3.05) is 30.5 Å². The third kappa shape index (κ3) is 5.27. The van der Waals surface area contributed by atoms with Crippen molar-refractivity contribution in [3.63, 3.8) is 0 Å². The summed E-state index contributed by atoms with van der Waals surface area (Å²) in [5, 5.41) is 31.4. The number of fused-ring (bicyclic) bond motifs is 1. The number of para-hydroxylation sites is 1. The Balaban J connectivity index is 1.75. The largest absolute Gasteiger partial charge is 0.465 e. The highest BCUT2D eigenvalue weighted by Crippen LogP contribution is 2.33. The molecule has 37 heavy (non-hydrogen) atoms. The van der Waals surface area contributed by atoms with Crippen LogP contribution in [0.3, 0.4) is 0 Å². The molecule has 0 radical (unpaired) electrons. The van der Waals surface area contributed by atoms with Crippen molar-refractivity contribution in [3.8, 4) is 0 Å². The van der Waals surface area contributed by atoms with Crippen LogP contribution in [0.15, 0.2) is 47.4 Å². The molecule has 2 N–H and O–H groups in total. The third-order valence-electron chi connectivity index (χ3n) is 6.06. The predicted molar refractivity (Wildman–Crippen MR) is 135 cm³/mol. The number of aryl methyl sites for hydroxylation is 1. The van der Waals surface area contributed by atoms with Gasteiger partial charge in [-0.15, -0.1) is 11.3 Å². The molecule has 1 saturated heterocycles. The first kappa shape index (κ1) is 26.1. The van der Waals surface area contributed by atoms with Crippen LogP contribution < -0.4 is 4.31 Å². The molecule has 1 atom stereocenters. The molecule has 4 rings (SSSR count). The van der Waals surface area contributed by atoms with E-state index in [1.807, 2.05) is 6.92 Å². The van der Waals surface area contributed by atoms with Gasteiger partial charge in [0, 0.05) is 32.2 Å². The number of aromatic nitrogens is 1. The highest BCUT2D eigenvalue weighted by Gasteiger charge is 2.36. The van der Waals surface area contributed by atoms with E-state index in [1.54, 1.807) is 18.2 Å². The minimum atomic E-state index is -4.49. The van der Waals surface area contributed by atoms with E-state index in [-0.39, 0.29) is 38.3 Å². The van der Waals surface area contributed by atoms with Gasteiger partial charge in [0.05, 0.1) is 31.9 Å². The molecule has 2 heterocycles. The molecule has 15 heteroatoms. The quantitative estimate of drug-likeness (QED) is 0.330. The van der Waals surface area contributed by atoms with E-state index in [2.05, 4.69) is 4.98 Å². The predicted octanol–water partition coefficient (Wildman–Crippen LogP) is 3.44. The first-order chi connectivity index (χ1) is 17.5. The number of hydrogen-bond acceptors (Lipinski definition) is 8. The second-order valence-corrected chi connectivity index (χ2v) is 11.4. The highest BCUT2D eigenvalue weighted by atomic mass is 32.2. The van der Waals surface area contributed by atoms with Gasteiger partial charge >= 0.3 is 12.2 Å². The standard InChI is InChI=1S/C22H23N5O8S2/c1-14-23-17-12-15(6-7-19(17)36-14)26(37(34,35)20-5-3-2-4-18(20)27(32)33)9-8-16-13-24(21(28)29)10-11-25(16)22(30)31/h2-7,12,16H,8-11,13H2,1H3,(H,28,29)(H,30,31)/t16-/m1/s1. The van der Waals surface area contributed by atoms with E-state index in [4.69, 9.17) is 0 Å². The normalized spacial score (nSPS) is 16.1. The molecule has 0 unspecified atom stereocenters. The fourth-order valence-corrected chi connectivity index (χ4v) is 6.75. The molecule has 1 fully saturated rings. The summed E-state index contributed by atoms with van der Waals surface area (Å²) in [6.07, 6.45) is -2.50. The van der Waals surface area contributed by atoms with E-state index in [0.717, 1.165) is 35.9 Å². The average Bonchev–Trinajstić information content (AvgIpc) is 3.23. The molecule has 2 amide bonds. The van der Waals surface area contributed by atoms with Crippen molar-refractivity contribution in [3.05, 3.63) is 57.6 Å². The monoisotopic (exact) mass is 549 g/mol. The molecule has 2 aromatic carbocycles. The lowest BCUT2D eigenvalue weighted by molar-refractivity contribution is -0.387. The molecule has 196 valence electrons. The Labute approximate surface area is 215 Å². The summed E-state index contributed by atoms with van der Waals surface area (Å²) in [6, 6.07) is 8.97. The number of sulfonamides is 1. The second-order valence-electron chi connectivity index (χ2n) is 8.33. The summed E-state index contributed by atoms with van der Waals surface area (Å²) >= 11 is 1.42. The molecular formula is C22H23N5O8S2. The number of anilines is 1. The van der Waals surface area contributed by atoms with Crippen LogP contribution in [0, 0.1) is 17.0 Å². The number of rotatable bonds is 7. The fraction of sp³-hybridized carbons (Fsp3) is 0.318. The Bertz CT molecular complexity index is 1470. The van der Waals surface area contributed by atoms with E-state index in [0.29, 0.717) is 5.52 Å². The summed E-state index contributed by atoms with van der Waals surface area (Å²) in [6.45, 7) is 1.35. The Kier molecular flexibility index (Phi) is 7.18. The van der Waals surface area contributed by atoms with Gasteiger partial charge in [0.25, 0.3) is 15.7 Å². The lowest BCUT2D eigenvalue weighted by Gasteiger charge is -2.39. The zero-order chi connectivity index (χ0) is 26.9. The van der Waals surface area contributed by atoms with Gasteiger partial charge in [-0.25, -0.2) is 23.0 Å². The smallest absolute Gasteiger partial charge is 0.407 e. The zero-order valence-electron chi connectivity index (χ0n) is 19.6. The lowest BCUT2D eigenvalue weighted by atomic mass is 10.1. The zero-order valence-corrected chi connectivity index (χ0v) is 21.2. The van der Waals surface area contributed by atoms with Gasteiger partial charge in [-0.3, -0.25) is 14.4 Å². The number of hydrogen-bond donors (Lipinski definition) is 2. The van der Waals surface area contributed by atoms with Gasteiger partial charge in [-0.05, 0) is 37.6 Å². The third-order valence-corrected chi connectivity index (χ3v) is 8.89. The summed E-state index contributed by atoms with van der Waals surface area (Å²) in [5.41, 5.74) is 0.147. The molecule has 0 saturated carbocycles. The Morgan fingerprint density at radius 3 is 2.59 bits per heavy atom. The molecular weight excluding hydrogens is 526 g/mol. The lowest BCUT2D eigenvalue weighted by Crippen LogP contribution is -2.56. The molecule has 3 aromatic rings. The fourth-order valence-electron chi connectivity index (χ4n) is 4.31. The van der Waals surface area contributed by atoms with E-state index in [9.17, 15) is 38.3 Å². The van der Waals surface area contributed by atoms with Gasteiger partial charge in [-0.2, -0.15) is 0 Å². The number of piperazine rings is 1. The molecule has 0 bridgehead atoms. The summed E-state index contributed by atoms with van der Waals surface area (Å²) < 4.78 is 29.5. The highest BCUT2D eigenvalue weighted by molar-refractivity contribution is 7.93. The number of amides is 2. The Hall–Kier alpha value is -3.98. The average molecular weight is 550 g/mol. The van der Waals surface area contributed by atoms with Crippen molar-refractivity contribution >= 4 is 55.1 Å². The van der Waals surface area contributed by atoms with Crippen molar-refractivity contribution in [1.29, 1.82) is 0 Å². The Morgan fingerprint density at radius 2 is 1.92 bits per heavy atom. The number of thiazole rings is 1. The van der Waals surface area contributed by atoms with Crippen LogP contribution in [0.5, 0.6) is 0 Å². The van der Waals surface area contributed by atoms with Gasteiger partial charge in [0.2, 0.25) is 0 Å². The van der Waals surface area contributed by atoms with Gasteiger partial charge in [-0.1, -0.05) is 12.1 Å². The number of carboxylic acid groups (broad SMARTS) is 2. The summed E-state index contributed by atoms with van der Waals surface area (Å²) in [7, 11) is -4.49. The maximum absolute atomic E-state index is 13.8. The number of benzene rings is 2. The van der Waals surface area contributed by atoms with Crippen molar-refractivity contribution < 1.29 is 33.1 Å². The minimum absolute atomic E-state index is 0.00377. The molecule has 1 aromatic heterocycles. The van der Waals surface area contributed by atoms with Crippen LogP contribution in [0.4, 0.5) is 21.0 Å². The van der Waals surface area contributed by atoms with Crippen molar-refractivity contribution in [2.24, 2.45) is 0 Å². The van der Waals surface area contributed by atoms with Crippen LogP contribution in [-0.4, -0.2) is 82.7 Å². The SMILES string of the molecule is Cc1nc2cc(N(CC[C@@H]3CN(C(=O)O)CCN3C(=O)O)S(=O)(=O)c3ccccc3[N+](=O)[O-])ccc2s1. The van der Waals surface area contributed by atoms with Crippen molar-refractivity contribution in [2.45, 2.75) is 24.3 Å². The Morgan fingerprint density at radius 1 is 1.19 bits per heavy atom. The maximum atomic E-state index is 13.8. The van der Waals surface area contributed by atoms with E-state index >= 15 is 0 Å². The molecule has 13 nitrogen and oxygen atoms in total. The molecule has 0 aliphatic carbocycles. The summed E-state index contributed by atoms with van der Waals surface area (Å²) in [5.74, 6) is 0. The van der Waals surface area contributed by atoms with E-state index < -0.39 is 43.8 Å². The molecule has 1 aliphatic rings. The van der Waals surface area contributed by atoms with Crippen LogP contribution in [0.1, 0.15) is 11.4 Å². The van der Waals surface area contributed by atoms with Gasteiger partial charge in [0.1, 0.15) is 0 Å². The topological polar surface area (TPSA) is 174 Å². The van der Waals surface area contributed by atoms with Crippen LogP contribution >= 0.6 is 11.3 Å². The number of carbonyl (C=O) groups is 2. The van der Waals surface area contributed by atoms with Gasteiger partial charge in [0.15, 0.2) is 4.90 Å². The summed E-state index contributed by atoms with van der Waals surface area (Å²) in [4.78, 5) is 40.2. The first-order valence-corrected chi connectivity index (χ1v) is 13.4. The first-order valence-electron chi connectivity index (χ1n) is 11.1. The number of nitro groups is 1. The van der Waals surface area contributed by atoms with Crippen LogP contribution in [-0.2, 0) is 10.0 Å². The number of nitrogens with zero attached hydrogens (tertiary/aromatic N) is 5. The molecule has 0 spiro atoms. The number of nitro benzene ring substituents is 1. The molecule has 1 aliphatic heterocycles. The minimum Gasteiger partial charge on any atom is -0.465 e. The van der Waals surface area contributed by atoms with Crippen LogP contribution in [0.25, 0.3) is 10.2 Å². The second kappa shape index (κ2) is 10.2. The maximum Gasteiger partial charge on any atom is 0.407 e. The van der Waals surface area contributed by atoms with Gasteiger partial charge < -0.3 is 20.0 Å².